The lowest BCUT2D eigenvalue weighted by Gasteiger charge is -2.13. The van der Waals surface area contributed by atoms with Crippen LogP contribution in [0.3, 0.4) is 0 Å². The Balaban J connectivity index is 1.18. The van der Waals surface area contributed by atoms with Gasteiger partial charge in [-0.2, -0.15) is 5.10 Å². The number of thioether (sulfide) groups is 1. The third kappa shape index (κ3) is 4.61. The highest BCUT2D eigenvalue weighted by molar-refractivity contribution is 7.99. The first-order valence-electron chi connectivity index (χ1n) is 10.3. The van der Waals surface area contributed by atoms with E-state index in [1.54, 1.807) is 23.0 Å². The van der Waals surface area contributed by atoms with Crippen molar-refractivity contribution in [1.29, 1.82) is 0 Å². The molecule has 9 heteroatoms. The molecule has 0 aliphatic heterocycles. The summed E-state index contributed by atoms with van der Waals surface area (Å²) >= 11 is 1.35. The van der Waals surface area contributed by atoms with Gasteiger partial charge in [0.1, 0.15) is 11.4 Å². The van der Waals surface area contributed by atoms with Crippen molar-refractivity contribution in [2.24, 2.45) is 0 Å². The Morgan fingerprint density at radius 2 is 1.97 bits per heavy atom. The number of nitrogens with zero attached hydrogens (tertiary/aromatic N) is 4. The monoisotopic (exact) mass is 434 g/mol. The third-order valence-electron chi connectivity index (χ3n) is 5.42. The van der Waals surface area contributed by atoms with Gasteiger partial charge in [0.2, 0.25) is 5.91 Å². The van der Waals surface area contributed by atoms with Crippen LogP contribution in [0.5, 0.6) is 0 Å². The normalized spacial score (nSPS) is 17.2. The van der Waals surface area contributed by atoms with E-state index in [0.29, 0.717) is 16.5 Å². The Hall–Kier alpha value is -3.20. The molecule has 3 aromatic rings. The maximum Gasteiger partial charge on any atom is 0.272 e. The van der Waals surface area contributed by atoms with Crippen LogP contribution in [-0.4, -0.2) is 43.4 Å². The molecule has 1 aromatic carbocycles. The van der Waals surface area contributed by atoms with E-state index in [9.17, 15) is 9.59 Å². The third-order valence-corrected chi connectivity index (χ3v) is 6.34. The number of carbonyl (C=O) groups is 2. The second kappa shape index (κ2) is 8.50. The smallest absolute Gasteiger partial charge is 0.272 e. The van der Waals surface area contributed by atoms with Crippen molar-refractivity contribution in [2.45, 2.75) is 42.8 Å². The number of carbonyl (C=O) groups excluding carboxylic acids is 2. The summed E-state index contributed by atoms with van der Waals surface area (Å²) in [5.74, 6) is 0.622. The highest BCUT2D eigenvalue weighted by Crippen LogP contribution is 2.30. The number of hydrogen-bond donors (Lipinski definition) is 2. The molecule has 2 aliphatic carbocycles. The fraction of sp³-hybridized carbons (Fsp3) is 0.318. The number of benzene rings is 1. The highest BCUT2D eigenvalue weighted by atomic mass is 32.2. The molecule has 0 spiro atoms. The second-order valence-electron chi connectivity index (χ2n) is 7.75. The molecule has 8 nitrogen and oxygen atoms in total. The number of fused-ring (bicyclic) bond motifs is 1. The minimum atomic E-state index is -0.171. The van der Waals surface area contributed by atoms with Crippen LogP contribution in [0.15, 0.2) is 53.9 Å². The average Bonchev–Trinajstić information content (AvgIpc) is 3.31. The van der Waals surface area contributed by atoms with Crippen molar-refractivity contribution < 1.29 is 9.59 Å². The molecular weight excluding hydrogens is 412 g/mol. The minimum absolute atomic E-state index is 0.0232. The predicted molar refractivity (Wildman–Crippen MR) is 116 cm³/mol. The Labute approximate surface area is 183 Å². The summed E-state index contributed by atoms with van der Waals surface area (Å²) in [6, 6.07) is 12.0. The SMILES string of the molecule is O=C(CSc1cc(-n2ccc(C(=O)NC3CC3)n2)ncn1)N[C@H]1CCc2ccccc21. The standard InChI is InChI=1S/C22H22N6O2S/c29-20(26-17-8-5-14-3-1-2-4-16(14)17)12-31-21-11-19(23-13-24-21)28-10-9-18(27-28)22(30)25-15-6-7-15/h1-4,9-11,13,15,17H,5-8,12H2,(H,25,30)(H,26,29)/t17-/m0/s1. The Bertz CT molecular complexity index is 1130. The van der Waals surface area contributed by atoms with Gasteiger partial charge in [-0.15, -0.1) is 0 Å². The topological polar surface area (TPSA) is 102 Å². The number of aryl methyl sites for hydroxylation is 1. The van der Waals surface area contributed by atoms with Crippen LogP contribution in [0, 0.1) is 0 Å². The molecule has 2 N–H and O–H groups in total. The van der Waals surface area contributed by atoms with E-state index >= 15 is 0 Å². The van der Waals surface area contributed by atoms with E-state index in [2.05, 4.69) is 37.8 Å². The number of aromatic nitrogens is 4. The fourth-order valence-electron chi connectivity index (χ4n) is 3.68. The van der Waals surface area contributed by atoms with Gasteiger partial charge in [0.15, 0.2) is 11.5 Å². The molecule has 0 unspecified atom stereocenters. The summed E-state index contributed by atoms with van der Waals surface area (Å²) in [6.07, 6.45) is 7.12. The van der Waals surface area contributed by atoms with Crippen molar-refractivity contribution >= 4 is 23.6 Å². The van der Waals surface area contributed by atoms with E-state index in [0.717, 1.165) is 25.7 Å². The van der Waals surface area contributed by atoms with E-state index in [1.807, 2.05) is 12.1 Å². The molecule has 2 amide bonds. The van der Waals surface area contributed by atoms with Crippen LogP contribution in [0.25, 0.3) is 5.82 Å². The summed E-state index contributed by atoms with van der Waals surface area (Å²) in [6.45, 7) is 0. The fourth-order valence-corrected chi connectivity index (χ4v) is 4.35. The van der Waals surface area contributed by atoms with Crippen molar-refractivity contribution in [3.63, 3.8) is 0 Å². The molecular formula is C22H22N6O2S. The zero-order chi connectivity index (χ0) is 21.2. The van der Waals surface area contributed by atoms with Gasteiger partial charge in [0, 0.05) is 18.3 Å². The van der Waals surface area contributed by atoms with Crippen LogP contribution in [0.4, 0.5) is 0 Å². The number of hydrogen-bond acceptors (Lipinski definition) is 6. The van der Waals surface area contributed by atoms with Crippen LogP contribution >= 0.6 is 11.8 Å². The molecule has 1 saturated carbocycles. The molecule has 0 saturated heterocycles. The average molecular weight is 435 g/mol. The number of nitrogens with one attached hydrogen (secondary N) is 2. The second-order valence-corrected chi connectivity index (χ2v) is 8.75. The quantitative estimate of drug-likeness (QED) is 0.438. The number of rotatable bonds is 7. The summed E-state index contributed by atoms with van der Waals surface area (Å²) in [5, 5.41) is 11.0. The maximum atomic E-state index is 12.5. The van der Waals surface area contributed by atoms with Crippen molar-refractivity contribution in [1.82, 2.24) is 30.4 Å². The molecule has 0 radical (unpaired) electrons. The van der Waals surface area contributed by atoms with Gasteiger partial charge in [-0.3, -0.25) is 9.59 Å². The molecule has 2 aromatic heterocycles. The molecule has 158 valence electrons. The molecule has 1 atom stereocenters. The first-order chi connectivity index (χ1) is 15.2. The Morgan fingerprint density at radius 1 is 1.10 bits per heavy atom. The zero-order valence-electron chi connectivity index (χ0n) is 16.8. The largest absolute Gasteiger partial charge is 0.349 e. The lowest BCUT2D eigenvalue weighted by Crippen LogP contribution is -2.28. The molecule has 1 fully saturated rings. The van der Waals surface area contributed by atoms with Crippen LogP contribution in [0.2, 0.25) is 0 Å². The first kappa shape index (κ1) is 19.7. The van der Waals surface area contributed by atoms with Crippen molar-refractivity contribution in [3.05, 3.63) is 65.7 Å². The van der Waals surface area contributed by atoms with E-state index in [4.69, 9.17) is 0 Å². The number of amides is 2. The Morgan fingerprint density at radius 3 is 2.84 bits per heavy atom. The van der Waals surface area contributed by atoms with Gasteiger partial charge in [-0.25, -0.2) is 14.6 Å². The molecule has 31 heavy (non-hydrogen) atoms. The lowest BCUT2D eigenvalue weighted by molar-refractivity contribution is -0.119. The van der Waals surface area contributed by atoms with E-state index < -0.39 is 0 Å². The van der Waals surface area contributed by atoms with Gasteiger partial charge in [-0.05, 0) is 42.9 Å². The van der Waals surface area contributed by atoms with Crippen LogP contribution < -0.4 is 10.6 Å². The maximum absolute atomic E-state index is 12.5. The first-order valence-corrected chi connectivity index (χ1v) is 11.3. The van der Waals surface area contributed by atoms with Gasteiger partial charge in [0.05, 0.1) is 11.8 Å². The molecule has 2 heterocycles. The van der Waals surface area contributed by atoms with Gasteiger partial charge >= 0.3 is 0 Å². The van der Waals surface area contributed by atoms with E-state index in [-0.39, 0.29) is 29.7 Å². The van der Waals surface area contributed by atoms with Crippen LogP contribution in [-0.2, 0) is 11.2 Å². The predicted octanol–water partition coefficient (Wildman–Crippen LogP) is 2.45. The lowest BCUT2D eigenvalue weighted by atomic mass is 10.1. The zero-order valence-corrected chi connectivity index (χ0v) is 17.6. The summed E-state index contributed by atoms with van der Waals surface area (Å²) in [5.41, 5.74) is 2.88. The van der Waals surface area contributed by atoms with Crippen molar-refractivity contribution in [3.8, 4) is 5.82 Å². The summed E-state index contributed by atoms with van der Waals surface area (Å²) in [4.78, 5) is 33.1. The van der Waals surface area contributed by atoms with Gasteiger partial charge in [-0.1, -0.05) is 36.0 Å². The van der Waals surface area contributed by atoms with E-state index in [1.165, 1.54) is 29.2 Å². The van der Waals surface area contributed by atoms with Crippen molar-refractivity contribution in [2.75, 3.05) is 5.75 Å². The Kier molecular flexibility index (Phi) is 5.42. The van der Waals surface area contributed by atoms with Gasteiger partial charge < -0.3 is 10.6 Å². The molecule has 0 bridgehead atoms. The molecule has 5 rings (SSSR count). The highest BCUT2D eigenvalue weighted by Gasteiger charge is 2.25. The summed E-state index contributed by atoms with van der Waals surface area (Å²) < 4.78 is 1.54. The minimum Gasteiger partial charge on any atom is -0.349 e. The summed E-state index contributed by atoms with van der Waals surface area (Å²) in [7, 11) is 0. The van der Waals surface area contributed by atoms with Crippen LogP contribution in [0.1, 0.15) is 46.9 Å². The van der Waals surface area contributed by atoms with Gasteiger partial charge in [0.25, 0.3) is 5.91 Å². The molecule has 2 aliphatic rings.